The standard InChI is InChI=1S/C22H26FN3O2S/c23-18-8-10-19(11-9-18)25-22(28)16-29-15-21(27)24-14-20(26-12-4-5-13-26)17-6-2-1-3-7-17/h1-3,6-11,20H,4-5,12-16H2,(H,24,27)(H,25,28). The Labute approximate surface area is 175 Å². The van der Waals surface area contributed by atoms with Gasteiger partial charge in [0.1, 0.15) is 5.82 Å². The smallest absolute Gasteiger partial charge is 0.234 e. The van der Waals surface area contributed by atoms with Gasteiger partial charge in [-0.3, -0.25) is 14.5 Å². The van der Waals surface area contributed by atoms with E-state index in [-0.39, 0.29) is 35.2 Å². The summed E-state index contributed by atoms with van der Waals surface area (Å²) in [5.74, 6) is -0.257. The zero-order chi connectivity index (χ0) is 20.5. The summed E-state index contributed by atoms with van der Waals surface area (Å²) in [6.45, 7) is 2.66. The summed E-state index contributed by atoms with van der Waals surface area (Å²) in [5.41, 5.74) is 1.75. The van der Waals surface area contributed by atoms with E-state index in [1.54, 1.807) is 0 Å². The lowest BCUT2D eigenvalue weighted by molar-refractivity contribution is -0.118. The highest BCUT2D eigenvalue weighted by atomic mass is 32.2. The number of hydrogen-bond donors (Lipinski definition) is 2. The van der Waals surface area contributed by atoms with Gasteiger partial charge in [-0.2, -0.15) is 0 Å². The number of nitrogens with one attached hydrogen (secondary N) is 2. The second-order valence-corrected chi connectivity index (χ2v) is 8.01. The van der Waals surface area contributed by atoms with Crippen molar-refractivity contribution in [3.8, 4) is 0 Å². The number of rotatable bonds is 9. The summed E-state index contributed by atoms with van der Waals surface area (Å²) < 4.78 is 12.9. The van der Waals surface area contributed by atoms with Crippen molar-refractivity contribution >= 4 is 29.3 Å². The second-order valence-electron chi connectivity index (χ2n) is 7.02. The summed E-state index contributed by atoms with van der Waals surface area (Å²) >= 11 is 1.26. The molecular formula is C22H26FN3O2S. The van der Waals surface area contributed by atoms with Crippen molar-refractivity contribution < 1.29 is 14.0 Å². The van der Waals surface area contributed by atoms with Gasteiger partial charge in [-0.25, -0.2) is 4.39 Å². The number of likely N-dealkylation sites (tertiary alicyclic amines) is 1. The van der Waals surface area contributed by atoms with Crippen LogP contribution in [0.1, 0.15) is 24.4 Å². The number of carbonyl (C=O) groups excluding carboxylic acids is 2. The molecule has 1 saturated heterocycles. The molecule has 0 radical (unpaired) electrons. The topological polar surface area (TPSA) is 61.4 Å². The van der Waals surface area contributed by atoms with Crippen molar-refractivity contribution in [2.45, 2.75) is 18.9 Å². The second kappa shape index (κ2) is 11.0. The van der Waals surface area contributed by atoms with Gasteiger partial charge in [0.25, 0.3) is 0 Å². The number of benzene rings is 2. The highest BCUT2D eigenvalue weighted by Gasteiger charge is 2.23. The van der Waals surface area contributed by atoms with Crippen LogP contribution in [0, 0.1) is 5.82 Å². The van der Waals surface area contributed by atoms with Crippen LogP contribution < -0.4 is 10.6 Å². The molecule has 1 aliphatic heterocycles. The Morgan fingerprint density at radius 1 is 0.966 bits per heavy atom. The van der Waals surface area contributed by atoms with Gasteiger partial charge in [0.2, 0.25) is 11.8 Å². The molecule has 3 rings (SSSR count). The molecule has 1 unspecified atom stereocenters. The normalized spacial score (nSPS) is 15.1. The Hall–Kier alpha value is -2.38. The van der Waals surface area contributed by atoms with Crippen LogP contribution in [0.3, 0.4) is 0 Å². The van der Waals surface area contributed by atoms with Crippen LogP contribution in [-0.4, -0.2) is 47.9 Å². The molecule has 0 saturated carbocycles. The van der Waals surface area contributed by atoms with Crippen LogP contribution in [0.5, 0.6) is 0 Å². The Bertz CT molecular complexity index is 795. The zero-order valence-electron chi connectivity index (χ0n) is 16.3. The van der Waals surface area contributed by atoms with Gasteiger partial charge in [0.05, 0.1) is 17.5 Å². The van der Waals surface area contributed by atoms with Gasteiger partial charge in [-0.1, -0.05) is 30.3 Å². The number of amides is 2. The summed E-state index contributed by atoms with van der Waals surface area (Å²) in [6.07, 6.45) is 2.38. The summed E-state index contributed by atoms with van der Waals surface area (Å²) in [6, 6.07) is 16.0. The molecular weight excluding hydrogens is 389 g/mol. The quantitative estimate of drug-likeness (QED) is 0.659. The third-order valence-corrected chi connectivity index (χ3v) is 5.79. The van der Waals surface area contributed by atoms with E-state index in [0.29, 0.717) is 12.2 Å². The molecule has 1 aliphatic rings. The maximum Gasteiger partial charge on any atom is 0.234 e. The molecule has 2 amide bonds. The van der Waals surface area contributed by atoms with Crippen LogP contribution >= 0.6 is 11.8 Å². The first-order valence-electron chi connectivity index (χ1n) is 9.80. The molecule has 5 nitrogen and oxygen atoms in total. The molecule has 1 fully saturated rings. The fourth-order valence-corrected chi connectivity index (χ4v) is 4.06. The summed E-state index contributed by atoms with van der Waals surface area (Å²) in [5, 5.41) is 5.70. The van der Waals surface area contributed by atoms with E-state index in [9.17, 15) is 14.0 Å². The van der Waals surface area contributed by atoms with Gasteiger partial charge in [-0.05, 0) is 55.8 Å². The Balaban J connectivity index is 1.41. The van der Waals surface area contributed by atoms with Gasteiger partial charge in [-0.15, -0.1) is 11.8 Å². The number of thioether (sulfide) groups is 1. The minimum atomic E-state index is -0.350. The van der Waals surface area contributed by atoms with Gasteiger partial charge >= 0.3 is 0 Å². The summed E-state index contributed by atoms with van der Waals surface area (Å²) in [7, 11) is 0. The molecule has 2 N–H and O–H groups in total. The van der Waals surface area contributed by atoms with Crippen molar-refractivity contribution in [2.24, 2.45) is 0 Å². The predicted molar refractivity (Wildman–Crippen MR) is 115 cm³/mol. The lowest BCUT2D eigenvalue weighted by Gasteiger charge is -2.28. The van der Waals surface area contributed by atoms with Gasteiger partial charge in [0, 0.05) is 12.2 Å². The van der Waals surface area contributed by atoms with Crippen molar-refractivity contribution in [3.05, 3.63) is 66.0 Å². The zero-order valence-corrected chi connectivity index (χ0v) is 17.1. The van der Waals surface area contributed by atoms with Crippen LogP contribution in [0.4, 0.5) is 10.1 Å². The minimum Gasteiger partial charge on any atom is -0.353 e. The number of carbonyl (C=O) groups is 2. The van der Waals surface area contributed by atoms with Crippen LogP contribution in [0.25, 0.3) is 0 Å². The number of halogens is 1. The first-order chi connectivity index (χ1) is 14.1. The van der Waals surface area contributed by atoms with Gasteiger partial charge in [0.15, 0.2) is 0 Å². The number of hydrogen-bond acceptors (Lipinski definition) is 4. The van der Waals surface area contributed by atoms with Crippen LogP contribution in [-0.2, 0) is 9.59 Å². The largest absolute Gasteiger partial charge is 0.353 e. The Morgan fingerprint density at radius 3 is 2.31 bits per heavy atom. The first-order valence-corrected chi connectivity index (χ1v) is 11.0. The van der Waals surface area contributed by atoms with Gasteiger partial charge < -0.3 is 10.6 Å². The monoisotopic (exact) mass is 415 g/mol. The van der Waals surface area contributed by atoms with Crippen molar-refractivity contribution in [1.82, 2.24) is 10.2 Å². The Morgan fingerprint density at radius 2 is 1.62 bits per heavy atom. The molecule has 29 heavy (non-hydrogen) atoms. The lowest BCUT2D eigenvalue weighted by atomic mass is 10.1. The molecule has 7 heteroatoms. The highest BCUT2D eigenvalue weighted by Crippen LogP contribution is 2.24. The minimum absolute atomic E-state index is 0.0790. The van der Waals surface area contributed by atoms with E-state index in [4.69, 9.17) is 0 Å². The molecule has 1 atom stereocenters. The van der Waals surface area contributed by atoms with Crippen molar-refractivity contribution in [1.29, 1.82) is 0 Å². The fourth-order valence-electron chi connectivity index (χ4n) is 3.41. The van der Waals surface area contributed by atoms with E-state index < -0.39 is 0 Å². The van der Waals surface area contributed by atoms with E-state index in [1.165, 1.54) is 54.4 Å². The number of nitrogens with zero attached hydrogens (tertiary/aromatic N) is 1. The third kappa shape index (κ3) is 6.87. The molecule has 0 aliphatic carbocycles. The number of anilines is 1. The first kappa shape index (κ1) is 21.3. The van der Waals surface area contributed by atoms with Crippen molar-refractivity contribution in [3.63, 3.8) is 0 Å². The third-order valence-electron chi connectivity index (χ3n) is 4.85. The molecule has 2 aromatic carbocycles. The van der Waals surface area contributed by atoms with Crippen LogP contribution in [0.15, 0.2) is 54.6 Å². The molecule has 0 spiro atoms. The van der Waals surface area contributed by atoms with Crippen molar-refractivity contribution in [2.75, 3.05) is 36.5 Å². The van der Waals surface area contributed by atoms with E-state index in [2.05, 4.69) is 27.7 Å². The highest BCUT2D eigenvalue weighted by molar-refractivity contribution is 8.00. The molecule has 2 aromatic rings. The SMILES string of the molecule is O=C(CSCC(=O)Nc1ccc(F)cc1)NCC(c1ccccc1)N1CCCC1. The Kier molecular flexibility index (Phi) is 8.07. The van der Waals surface area contributed by atoms with E-state index in [0.717, 1.165) is 13.1 Å². The lowest BCUT2D eigenvalue weighted by Crippen LogP contribution is -2.37. The predicted octanol–water partition coefficient (Wildman–Crippen LogP) is 3.45. The maximum atomic E-state index is 12.9. The molecule has 154 valence electrons. The maximum absolute atomic E-state index is 12.9. The molecule has 0 aromatic heterocycles. The van der Waals surface area contributed by atoms with E-state index in [1.807, 2.05) is 18.2 Å². The fraction of sp³-hybridized carbons (Fsp3) is 0.364. The van der Waals surface area contributed by atoms with Crippen LogP contribution in [0.2, 0.25) is 0 Å². The van der Waals surface area contributed by atoms with E-state index >= 15 is 0 Å². The average molecular weight is 416 g/mol. The molecule has 0 bridgehead atoms. The summed E-state index contributed by atoms with van der Waals surface area (Å²) in [4.78, 5) is 26.6. The molecule has 1 heterocycles. The average Bonchev–Trinajstić information content (AvgIpc) is 3.25.